The highest BCUT2D eigenvalue weighted by atomic mass is 15.1. The van der Waals surface area contributed by atoms with E-state index in [-0.39, 0.29) is 5.41 Å². The fourth-order valence-electron chi connectivity index (χ4n) is 11.8. The van der Waals surface area contributed by atoms with Crippen molar-refractivity contribution in [3.63, 3.8) is 0 Å². The number of nitrogens with zero attached hydrogens (tertiary/aromatic N) is 1. The average molecular weight is 794 g/mol. The minimum absolute atomic E-state index is 0.0714. The summed E-state index contributed by atoms with van der Waals surface area (Å²) in [5.41, 5.74) is 21.4. The lowest BCUT2D eigenvalue weighted by Crippen LogP contribution is -2.28. The lowest BCUT2D eigenvalue weighted by molar-refractivity contribution is 0.353. The van der Waals surface area contributed by atoms with E-state index in [1.807, 2.05) is 0 Å². The van der Waals surface area contributed by atoms with Crippen LogP contribution in [0.5, 0.6) is 0 Å². The van der Waals surface area contributed by atoms with Gasteiger partial charge in [0.1, 0.15) is 0 Å². The molecule has 1 nitrogen and oxygen atoms in total. The second-order valence-corrected chi connectivity index (χ2v) is 17.4. The molecule has 1 saturated carbocycles. The van der Waals surface area contributed by atoms with Crippen molar-refractivity contribution in [2.24, 2.45) is 0 Å². The maximum absolute atomic E-state index is 2.55. The molecule has 296 valence electrons. The lowest BCUT2D eigenvalue weighted by Gasteiger charge is -2.36. The number of hydrogen-bond donors (Lipinski definition) is 0. The molecule has 1 fully saturated rings. The highest BCUT2D eigenvalue weighted by molar-refractivity contribution is 6.00. The molecule has 0 saturated heterocycles. The van der Waals surface area contributed by atoms with Gasteiger partial charge in [-0.3, -0.25) is 0 Å². The zero-order valence-electron chi connectivity index (χ0n) is 34.8. The minimum atomic E-state index is -0.521. The Balaban J connectivity index is 1.15. The quantitative estimate of drug-likeness (QED) is 0.155. The summed E-state index contributed by atoms with van der Waals surface area (Å²) in [5, 5.41) is 0. The summed E-state index contributed by atoms with van der Waals surface area (Å²) in [6.45, 7) is 0. The van der Waals surface area contributed by atoms with Crippen LogP contribution < -0.4 is 4.90 Å². The van der Waals surface area contributed by atoms with Gasteiger partial charge >= 0.3 is 0 Å². The van der Waals surface area contributed by atoms with Crippen LogP contribution in [0.15, 0.2) is 224 Å². The fourth-order valence-corrected chi connectivity index (χ4v) is 11.8. The van der Waals surface area contributed by atoms with E-state index in [1.165, 1.54) is 110 Å². The smallest absolute Gasteiger partial charge is 0.0714 e. The zero-order chi connectivity index (χ0) is 41.1. The Morgan fingerprint density at radius 1 is 0.323 bits per heavy atom. The van der Waals surface area contributed by atoms with E-state index < -0.39 is 5.41 Å². The first kappa shape index (κ1) is 36.6. The number of benzene rings is 9. The van der Waals surface area contributed by atoms with Gasteiger partial charge in [-0.05, 0) is 104 Å². The van der Waals surface area contributed by atoms with Gasteiger partial charge in [-0.25, -0.2) is 0 Å². The van der Waals surface area contributed by atoms with Gasteiger partial charge in [-0.1, -0.05) is 219 Å². The Hall–Kier alpha value is -7.22. The van der Waals surface area contributed by atoms with Crippen LogP contribution in [0, 0.1) is 0 Å². The van der Waals surface area contributed by atoms with Crippen LogP contribution in [0.2, 0.25) is 0 Å². The monoisotopic (exact) mass is 793 g/mol. The van der Waals surface area contributed by atoms with Gasteiger partial charge in [0, 0.05) is 22.2 Å². The Kier molecular flexibility index (Phi) is 8.71. The van der Waals surface area contributed by atoms with Crippen molar-refractivity contribution in [2.75, 3.05) is 4.90 Å². The van der Waals surface area contributed by atoms with Crippen LogP contribution >= 0.6 is 0 Å². The van der Waals surface area contributed by atoms with Crippen molar-refractivity contribution in [1.82, 2.24) is 0 Å². The van der Waals surface area contributed by atoms with Crippen molar-refractivity contribution >= 4 is 17.1 Å². The normalized spacial score (nSPS) is 15.0. The third-order valence-corrected chi connectivity index (χ3v) is 14.4. The molecule has 12 rings (SSSR count). The molecule has 9 aromatic rings. The Morgan fingerprint density at radius 3 is 1.52 bits per heavy atom. The third-order valence-electron chi connectivity index (χ3n) is 14.4. The molecular formula is C61H47N. The number of para-hydroxylation sites is 2. The van der Waals surface area contributed by atoms with E-state index in [0.29, 0.717) is 0 Å². The molecule has 0 aromatic heterocycles. The van der Waals surface area contributed by atoms with Gasteiger partial charge in [-0.2, -0.15) is 0 Å². The summed E-state index contributed by atoms with van der Waals surface area (Å²) in [6.07, 6.45) is 6.28. The van der Waals surface area contributed by atoms with Crippen LogP contribution in [-0.2, 0) is 10.8 Å². The Morgan fingerprint density at radius 2 is 0.823 bits per heavy atom. The van der Waals surface area contributed by atoms with E-state index in [4.69, 9.17) is 0 Å². The van der Waals surface area contributed by atoms with Crippen molar-refractivity contribution in [3.8, 4) is 44.5 Å². The third kappa shape index (κ3) is 5.41. The van der Waals surface area contributed by atoms with Crippen LogP contribution in [0.1, 0.15) is 65.5 Å². The summed E-state index contributed by atoms with van der Waals surface area (Å²) in [7, 11) is 0. The predicted octanol–water partition coefficient (Wildman–Crippen LogP) is 16.1. The fraction of sp³-hybridized carbons (Fsp3) is 0.115. The highest BCUT2D eigenvalue weighted by Crippen LogP contribution is 2.60. The molecule has 0 aliphatic heterocycles. The molecule has 9 aromatic carbocycles. The molecule has 1 heteroatoms. The predicted molar refractivity (Wildman–Crippen MR) is 259 cm³/mol. The molecule has 3 aliphatic carbocycles. The van der Waals surface area contributed by atoms with Crippen molar-refractivity contribution in [3.05, 3.63) is 258 Å². The molecular weight excluding hydrogens is 747 g/mol. The summed E-state index contributed by atoms with van der Waals surface area (Å²) < 4.78 is 0. The molecule has 0 amide bonds. The van der Waals surface area contributed by atoms with Crippen LogP contribution in [0.3, 0.4) is 0 Å². The number of rotatable bonds is 7. The van der Waals surface area contributed by atoms with Gasteiger partial charge in [0.2, 0.25) is 0 Å². The number of anilines is 3. The second-order valence-electron chi connectivity index (χ2n) is 17.4. The topological polar surface area (TPSA) is 3.24 Å². The van der Waals surface area contributed by atoms with Crippen LogP contribution in [-0.4, -0.2) is 0 Å². The largest absolute Gasteiger partial charge is 0.309 e. The van der Waals surface area contributed by atoms with E-state index in [1.54, 1.807) is 0 Å². The summed E-state index contributed by atoms with van der Waals surface area (Å²) >= 11 is 0. The molecule has 0 N–H and O–H groups in total. The van der Waals surface area contributed by atoms with E-state index in [2.05, 4.69) is 229 Å². The van der Waals surface area contributed by atoms with E-state index >= 15 is 0 Å². The number of hydrogen-bond acceptors (Lipinski definition) is 1. The first-order valence-corrected chi connectivity index (χ1v) is 22.4. The van der Waals surface area contributed by atoms with Crippen LogP contribution in [0.25, 0.3) is 44.5 Å². The van der Waals surface area contributed by atoms with Gasteiger partial charge in [0.05, 0.1) is 16.8 Å². The van der Waals surface area contributed by atoms with Crippen LogP contribution in [0.4, 0.5) is 17.1 Å². The van der Waals surface area contributed by atoms with Gasteiger partial charge in [0.25, 0.3) is 0 Å². The molecule has 0 bridgehead atoms. The van der Waals surface area contributed by atoms with Crippen molar-refractivity contribution in [1.29, 1.82) is 0 Å². The number of fused-ring (bicyclic) bond motifs is 8. The van der Waals surface area contributed by atoms with Crippen molar-refractivity contribution < 1.29 is 0 Å². The summed E-state index contributed by atoms with van der Waals surface area (Å²) in [5.74, 6) is 0. The van der Waals surface area contributed by atoms with Gasteiger partial charge in [0.15, 0.2) is 0 Å². The first-order chi connectivity index (χ1) is 30.8. The molecule has 3 aliphatic rings. The van der Waals surface area contributed by atoms with E-state index in [0.717, 1.165) is 17.1 Å². The SMILES string of the molecule is c1ccc(-c2ccccc2N(c2ccc3c(c2)C(c2ccccc2)(c2ccccc2)c2ccccc2-3)c2ccccc2-c2cccc3c2-c2ccccc2C32CCCCC2)cc1. The van der Waals surface area contributed by atoms with E-state index in [9.17, 15) is 0 Å². The molecule has 1 spiro atoms. The molecule has 62 heavy (non-hydrogen) atoms. The highest BCUT2D eigenvalue weighted by Gasteiger charge is 2.47. The molecule has 0 unspecified atom stereocenters. The Bertz CT molecular complexity index is 3060. The first-order valence-electron chi connectivity index (χ1n) is 22.4. The average Bonchev–Trinajstić information content (AvgIpc) is 3.80. The van der Waals surface area contributed by atoms with Crippen molar-refractivity contribution in [2.45, 2.75) is 42.9 Å². The molecule has 0 radical (unpaired) electrons. The molecule has 0 heterocycles. The van der Waals surface area contributed by atoms with Gasteiger partial charge in [-0.15, -0.1) is 0 Å². The zero-order valence-corrected chi connectivity index (χ0v) is 34.8. The summed E-state index contributed by atoms with van der Waals surface area (Å²) in [4.78, 5) is 2.55. The minimum Gasteiger partial charge on any atom is -0.309 e. The maximum atomic E-state index is 2.55. The Labute approximate surface area is 365 Å². The maximum Gasteiger partial charge on any atom is 0.0714 e. The second kappa shape index (κ2) is 14.8. The molecule has 0 atom stereocenters. The van der Waals surface area contributed by atoms with Gasteiger partial charge < -0.3 is 4.90 Å². The summed E-state index contributed by atoms with van der Waals surface area (Å²) in [6, 6.07) is 84.1. The lowest BCUT2D eigenvalue weighted by atomic mass is 9.67. The standard InChI is InChI=1S/C61H47N/c1-5-22-43(23-6-1)47-28-13-17-36-57(47)62(58-37-18-14-30-50(58)51-32-21-35-55-59(51)52-31-12-15-33-53(52)60(55)40-19-4-20-41-60)46-38-39-49-48-29-11-16-34-54(48)61(56(49)42-46,44-24-7-2-8-25-44)45-26-9-3-10-27-45/h1-3,5-18,21-39,42H,4,19-20,40-41H2.